The van der Waals surface area contributed by atoms with Gasteiger partial charge < -0.3 is 9.15 Å². The number of aryl methyl sites for hydroxylation is 1. The van der Waals surface area contributed by atoms with Crippen LogP contribution in [-0.4, -0.2) is 5.97 Å². The van der Waals surface area contributed by atoms with Gasteiger partial charge in [0.1, 0.15) is 11.3 Å². The Kier molecular flexibility index (Phi) is 5.52. The zero-order valence-corrected chi connectivity index (χ0v) is 17.3. The van der Waals surface area contributed by atoms with Crippen molar-refractivity contribution >= 4 is 28.5 Å². The maximum atomic E-state index is 13.8. The summed E-state index contributed by atoms with van der Waals surface area (Å²) in [6.45, 7) is 1.73. The number of alkyl halides is 3. The van der Waals surface area contributed by atoms with Gasteiger partial charge in [-0.05, 0) is 48.4 Å². The maximum absolute atomic E-state index is 13.8. The van der Waals surface area contributed by atoms with Gasteiger partial charge in [-0.1, -0.05) is 41.9 Å². The summed E-state index contributed by atoms with van der Waals surface area (Å²) in [4.78, 5) is 25.4. The Bertz CT molecular complexity index is 1390. The normalized spacial score (nSPS) is 11.5. The van der Waals surface area contributed by atoms with E-state index in [1.165, 1.54) is 36.4 Å². The van der Waals surface area contributed by atoms with Gasteiger partial charge in [-0.2, -0.15) is 13.2 Å². The van der Waals surface area contributed by atoms with Crippen molar-refractivity contribution in [1.82, 2.24) is 0 Å². The Balaban J connectivity index is 1.83. The van der Waals surface area contributed by atoms with Crippen LogP contribution in [0, 0.1) is 6.92 Å². The second-order valence-corrected chi connectivity index (χ2v) is 7.44. The number of fused-ring (bicyclic) bond motifs is 1. The molecule has 3 aromatic carbocycles. The lowest BCUT2D eigenvalue weighted by Crippen LogP contribution is -2.16. The summed E-state index contributed by atoms with van der Waals surface area (Å²) in [7, 11) is 0. The van der Waals surface area contributed by atoms with Gasteiger partial charge >= 0.3 is 12.1 Å². The molecule has 1 aromatic heterocycles. The molecule has 0 aliphatic heterocycles. The molecule has 4 nitrogen and oxygen atoms in total. The standard InChI is InChI=1S/C24H14ClF3O4/c1-13-4-2-3-5-17(13)23(30)31-16-10-11-18-19(12-16)32-22(24(26,27)28)20(21(18)29)14-6-8-15(25)9-7-14/h2-12H,1H3. The molecule has 4 aromatic rings. The Hall–Kier alpha value is -3.58. The highest BCUT2D eigenvalue weighted by molar-refractivity contribution is 6.30. The summed E-state index contributed by atoms with van der Waals surface area (Å²) in [6.07, 6.45) is -4.93. The lowest BCUT2D eigenvalue weighted by Gasteiger charge is -2.13. The van der Waals surface area contributed by atoms with Crippen LogP contribution in [0.5, 0.6) is 5.75 Å². The third kappa shape index (κ3) is 4.11. The molecule has 0 fully saturated rings. The smallest absolute Gasteiger partial charge is 0.450 e. The number of hydrogen-bond acceptors (Lipinski definition) is 4. The number of hydrogen-bond donors (Lipinski definition) is 0. The van der Waals surface area contributed by atoms with Crippen molar-refractivity contribution in [3.05, 3.63) is 98.9 Å². The Labute approximate surface area is 184 Å². The maximum Gasteiger partial charge on any atom is 0.450 e. The van der Waals surface area contributed by atoms with Crippen LogP contribution < -0.4 is 10.2 Å². The van der Waals surface area contributed by atoms with E-state index in [4.69, 9.17) is 20.8 Å². The number of carbonyl (C=O) groups is 1. The SMILES string of the molecule is Cc1ccccc1C(=O)Oc1ccc2c(=O)c(-c3ccc(Cl)cc3)c(C(F)(F)F)oc2c1. The monoisotopic (exact) mass is 458 g/mol. The van der Waals surface area contributed by atoms with Crippen LogP contribution in [0.15, 0.2) is 75.9 Å². The number of benzene rings is 3. The van der Waals surface area contributed by atoms with Crippen LogP contribution in [0.1, 0.15) is 21.7 Å². The van der Waals surface area contributed by atoms with Crippen LogP contribution >= 0.6 is 11.6 Å². The zero-order valence-electron chi connectivity index (χ0n) is 16.5. The molecule has 1 heterocycles. The molecule has 0 saturated carbocycles. The molecule has 32 heavy (non-hydrogen) atoms. The molecule has 0 N–H and O–H groups in total. The van der Waals surface area contributed by atoms with Gasteiger partial charge in [0, 0.05) is 11.1 Å². The van der Waals surface area contributed by atoms with Crippen molar-refractivity contribution in [2.75, 3.05) is 0 Å². The third-order valence-electron chi connectivity index (χ3n) is 4.83. The summed E-state index contributed by atoms with van der Waals surface area (Å²) >= 11 is 5.81. The van der Waals surface area contributed by atoms with E-state index in [0.717, 1.165) is 6.07 Å². The molecule has 162 valence electrons. The minimum Gasteiger partial charge on any atom is -0.450 e. The van der Waals surface area contributed by atoms with Crippen molar-refractivity contribution in [2.24, 2.45) is 0 Å². The molecule has 0 radical (unpaired) electrons. The van der Waals surface area contributed by atoms with Crippen molar-refractivity contribution in [2.45, 2.75) is 13.1 Å². The Morgan fingerprint density at radius 1 is 1.00 bits per heavy atom. The van der Waals surface area contributed by atoms with E-state index in [1.54, 1.807) is 31.2 Å². The van der Waals surface area contributed by atoms with E-state index >= 15 is 0 Å². The average molecular weight is 459 g/mol. The van der Waals surface area contributed by atoms with Crippen LogP contribution in [-0.2, 0) is 6.18 Å². The van der Waals surface area contributed by atoms with E-state index in [2.05, 4.69) is 0 Å². The topological polar surface area (TPSA) is 56.5 Å². The fraction of sp³-hybridized carbons (Fsp3) is 0.0833. The number of esters is 1. The quantitative estimate of drug-likeness (QED) is 0.254. The first kappa shape index (κ1) is 21.6. The van der Waals surface area contributed by atoms with E-state index in [0.29, 0.717) is 16.1 Å². The molecule has 0 unspecified atom stereocenters. The highest BCUT2D eigenvalue weighted by atomic mass is 35.5. The Morgan fingerprint density at radius 2 is 1.69 bits per heavy atom. The van der Waals surface area contributed by atoms with Gasteiger partial charge in [-0.15, -0.1) is 0 Å². The third-order valence-corrected chi connectivity index (χ3v) is 5.08. The van der Waals surface area contributed by atoms with Crippen LogP contribution in [0.25, 0.3) is 22.1 Å². The van der Waals surface area contributed by atoms with Gasteiger partial charge in [-0.25, -0.2) is 4.79 Å². The van der Waals surface area contributed by atoms with Crippen molar-refractivity contribution in [3.63, 3.8) is 0 Å². The Morgan fingerprint density at radius 3 is 2.34 bits per heavy atom. The van der Waals surface area contributed by atoms with E-state index in [1.807, 2.05) is 0 Å². The molecular weight excluding hydrogens is 445 g/mol. The number of rotatable bonds is 3. The van der Waals surface area contributed by atoms with Crippen LogP contribution in [0.4, 0.5) is 13.2 Å². The van der Waals surface area contributed by atoms with Crippen molar-refractivity contribution in [3.8, 4) is 16.9 Å². The predicted octanol–water partition coefficient (Wildman–Crippen LogP) is 6.66. The molecule has 0 saturated heterocycles. The van der Waals surface area contributed by atoms with Gasteiger partial charge in [-0.3, -0.25) is 4.79 Å². The second-order valence-electron chi connectivity index (χ2n) is 7.00. The van der Waals surface area contributed by atoms with E-state index < -0.39 is 28.9 Å². The first-order chi connectivity index (χ1) is 15.1. The fourth-order valence-corrected chi connectivity index (χ4v) is 3.41. The molecule has 0 atom stereocenters. The molecule has 0 amide bonds. The average Bonchev–Trinajstić information content (AvgIpc) is 2.74. The lowest BCUT2D eigenvalue weighted by molar-refractivity contribution is -0.152. The van der Waals surface area contributed by atoms with E-state index in [-0.39, 0.29) is 22.3 Å². The van der Waals surface area contributed by atoms with Crippen LogP contribution in [0.3, 0.4) is 0 Å². The van der Waals surface area contributed by atoms with Gasteiger partial charge in [0.25, 0.3) is 0 Å². The number of halogens is 4. The summed E-state index contributed by atoms with van der Waals surface area (Å²) in [6, 6.07) is 15.8. The van der Waals surface area contributed by atoms with Gasteiger partial charge in [0.2, 0.25) is 11.2 Å². The molecular formula is C24H14ClF3O4. The molecule has 4 rings (SSSR count). The minimum atomic E-state index is -4.93. The zero-order chi connectivity index (χ0) is 23.0. The first-order valence-electron chi connectivity index (χ1n) is 9.37. The molecule has 0 bridgehead atoms. The molecule has 8 heteroatoms. The summed E-state index contributed by atoms with van der Waals surface area (Å²) in [5, 5.41) is 0.228. The highest BCUT2D eigenvalue weighted by Gasteiger charge is 2.39. The summed E-state index contributed by atoms with van der Waals surface area (Å²) < 4.78 is 51.7. The first-order valence-corrected chi connectivity index (χ1v) is 9.75. The largest absolute Gasteiger partial charge is 0.450 e. The van der Waals surface area contributed by atoms with Gasteiger partial charge in [0.15, 0.2) is 0 Å². The predicted molar refractivity (Wildman–Crippen MR) is 114 cm³/mol. The number of carbonyl (C=O) groups excluding carboxylic acids is 1. The fourth-order valence-electron chi connectivity index (χ4n) is 3.28. The minimum absolute atomic E-state index is 0.0208. The molecule has 0 aliphatic carbocycles. The molecule has 0 aliphatic rings. The van der Waals surface area contributed by atoms with Crippen molar-refractivity contribution in [1.29, 1.82) is 0 Å². The summed E-state index contributed by atoms with van der Waals surface area (Å²) in [5.74, 6) is -2.18. The summed E-state index contributed by atoms with van der Waals surface area (Å²) in [5.41, 5.74) is -0.827. The second kappa shape index (κ2) is 8.16. The van der Waals surface area contributed by atoms with E-state index in [9.17, 15) is 22.8 Å². The van der Waals surface area contributed by atoms with Gasteiger partial charge in [0.05, 0.1) is 16.5 Å². The lowest BCUT2D eigenvalue weighted by atomic mass is 10.0. The molecule has 0 spiro atoms. The highest BCUT2D eigenvalue weighted by Crippen LogP contribution is 2.38. The van der Waals surface area contributed by atoms with Crippen molar-refractivity contribution < 1.29 is 27.1 Å². The number of ether oxygens (including phenoxy) is 1. The van der Waals surface area contributed by atoms with Crippen LogP contribution in [0.2, 0.25) is 5.02 Å².